The Balaban J connectivity index is 2.44. The van der Waals surface area contributed by atoms with Gasteiger partial charge in [0.05, 0.1) is 12.2 Å². The van der Waals surface area contributed by atoms with E-state index < -0.39 is 23.5 Å². The molecule has 1 aromatic rings. The van der Waals surface area contributed by atoms with E-state index in [1.165, 1.54) is 0 Å². The molecule has 0 fully saturated rings. The number of primary amides is 1. The van der Waals surface area contributed by atoms with Gasteiger partial charge in [-0.05, 0) is 23.8 Å². The fourth-order valence-corrected chi connectivity index (χ4v) is 1.47. The summed E-state index contributed by atoms with van der Waals surface area (Å²) < 4.78 is 55.3. The number of ether oxygens (including phenoxy) is 1. The van der Waals surface area contributed by atoms with Crippen molar-refractivity contribution in [1.29, 1.82) is 0 Å². The van der Waals surface area contributed by atoms with Gasteiger partial charge in [-0.3, -0.25) is 4.79 Å². The lowest BCUT2D eigenvalue weighted by atomic mass is 10.1. The normalized spacial score (nSPS) is 11.6. The molecule has 3 N–H and O–H groups in total. The Hall–Kier alpha value is -1.67. The number of nitrogens with one attached hydrogen (secondary N) is 1. The van der Waals surface area contributed by atoms with E-state index in [0.29, 0.717) is 12.6 Å². The number of benzene rings is 1. The molecule has 1 rings (SSSR count). The van der Waals surface area contributed by atoms with Gasteiger partial charge in [-0.15, -0.1) is 0 Å². The Bertz CT molecular complexity index is 463. The average Bonchev–Trinajstić information content (AvgIpc) is 2.31. The van der Waals surface area contributed by atoms with Crippen LogP contribution in [0.15, 0.2) is 18.2 Å². The van der Waals surface area contributed by atoms with Crippen LogP contribution in [0.25, 0.3) is 0 Å². The minimum absolute atomic E-state index is 0.0563. The van der Waals surface area contributed by atoms with Crippen molar-refractivity contribution < 1.29 is 27.1 Å². The van der Waals surface area contributed by atoms with Crippen LogP contribution >= 0.6 is 0 Å². The minimum Gasteiger partial charge on any atom is -0.370 e. The first-order valence-corrected chi connectivity index (χ1v) is 5.72. The Kier molecular flexibility index (Phi) is 5.90. The third kappa shape index (κ3) is 5.98. The Morgan fingerprint density at radius 2 is 2.00 bits per heavy atom. The SMILES string of the molecule is NC(=O)COCCNCc1cc(F)cc(C(F)(F)F)c1. The number of amides is 1. The molecular formula is C12H14F4N2O2. The molecule has 0 spiro atoms. The van der Waals surface area contributed by atoms with Gasteiger partial charge in [-0.1, -0.05) is 0 Å². The van der Waals surface area contributed by atoms with Crippen molar-refractivity contribution in [1.82, 2.24) is 5.32 Å². The minimum atomic E-state index is -4.58. The Labute approximate surface area is 112 Å². The van der Waals surface area contributed by atoms with Crippen LogP contribution in [0, 0.1) is 5.82 Å². The van der Waals surface area contributed by atoms with Gasteiger partial charge >= 0.3 is 6.18 Å². The number of nitrogens with two attached hydrogens (primary N) is 1. The summed E-state index contributed by atoms with van der Waals surface area (Å²) >= 11 is 0. The van der Waals surface area contributed by atoms with Crippen molar-refractivity contribution in [2.75, 3.05) is 19.8 Å². The highest BCUT2D eigenvalue weighted by Gasteiger charge is 2.31. The molecule has 0 aliphatic carbocycles. The monoisotopic (exact) mass is 294 g/mol. The lowest BCUT2D eigenvalue weighted by Crippen LogP contribution is -2.24. The summed E-state index contributed by atoms with van der Waals surface area (Å²) in [5.74, 6) is -1.55. The summed E-state index contributed by atoms with van der Waals surface area (Å²) in [6, 6.07) is 2.34. The number of alkyl halides is 3. The second-order valence-corrected chi connectivity index (χ2v) is 4.04. The zero-order valence-electron chi connectivity index (χ0n) is 10.5. The summed E-state index contributed by atoms with van der Waals surface area (Å²) in [6.45, 7) is 0.302. The van der Waals surface area contributed by atoms with Crippen LogP contribution in [-0.4, -0.2) is 25.7 Å². The molecule has 112 valence electrons. The number of rotatable bonds is 7. The number of hydrogen-bond donors (Lipinski definition) is 2. The van der Waals surface area contributed by atoms with Crippen molar-refractivity contribution >= 4 is 5.91 Å². The highest BCUT2D eigenvalue weighted by atomic mass is 19.4. The van der Waals surface area contributed by atoms with Gasteiger partial charge in [0.1, 0.15) is 12.4 Å². The molecule has 20 heavy (non-hydrogen) atoms. The molecule has 1 amide bonds. The number of carbonyl (C=O) groups is 1. The third-order valence-electron chi connectivity index (χ3n) is 2.28. The number of halogens is 4. The molecule has 4 nitrogen and oxygen atoms in total. The quantitative estimate of drug-likeness (QED) is 0.591. The lowest BCUT2D eigenvalue weighted by molar-refractivity contribution is -0.137. The summed E-state index contributed by atoms with van der Waals surface area (Å²) in [7, 11) is 0. The molecular weight excluding hydrogens is 280 g/mol. The molecule has 0 radical (unpaired) electrons. The molecule has 0 saturated heterocycles. The van der Waals surface area contributed by atoms with Crippen LogP contribution in [0.2, 0.25) is 0 Å². The topological polar surface area (TPSA) is 64.4 Å². The number of hydrogen-bond acceptors (Lipinski definition) is 3. The van der Waals surface area contributed by atoms with Crippen molar-refractivity contribution in [3.05, 3.63) is 35.1 Å². The van der Waals surface area contributed by atoms with Crippen LogP contribution in [0.5, 0.6) is 0 Å². The van der Waals surface area contributed by atoms with Crippen molar-refractivity contribution in [3.63, 3.8) is 0 Å². The summed E-state index contributed by atoms with van der Waals surface area (Å²) in [5, 5.41) is 2.77. The van der Waals surface area contributed by atoms with E-state index in [4.69, 9.17) is 10.5 Å². The highest BCUT2D eigenvalue weighted by molar-refractivity contribution is 5.74. The molecule has 1 aromatic carbocycles. The molecule has 0 saturated carbocycles. The maximum atomic E-state index is 13.1. The van der Waals surface area contributed by atoms with E-state index in [0.717, 1.165) is 12.1 Å². The second-order valence-electron chi connectivity index (χ2n) is 4.04. The number of carbonyl (C=O) groups excluding carboxylic acids is 1. The molecule has 0 unspecified atom stereocenters. The van der Waals surface area contributed by atoms with Gasteiger partial charge in [-0.2, -0.15) is 13.2 Å². The van der Waals surface area contributed by atoms with E-state index in [2.05, 4.69) is 5.32 Å². The first-order valence-electron chi connectivity index (χ1n) is 5.72. The van der Waals surface area contributed by atoms with Crippen molar-refractivity contribution in [2.45, 2.75) is 12.7 Å². The van der Waals surface area contributed by atoms with Crippen molar-refractivity contribution in [3.8, 4) is 0 Å². The fourth-order valence-electron chi connectivity index (χ4n) is 1.47. The lowest BCUT2D eigenvalue weighted by Gasteiger charge is -2.10. The average molecular weight is 294 g/mol. The van der Waals surface area contributed by atoms with Gasteiger partial charge in [-0.25, -0.2) is 4.39 Å². The van der Waals surface area contributed by atoms with Gasteiger partial charge in [0.15, 0.2) is 0 Å². The van der Waals surface area contributed by atoms with Crippen molar-refractivity contribution in [2.24, 2.45) is 5.73 Å². The summed E-state index contributed by atoms with van der Waals surface area (Å²) in [4.78, 5) is 10.4. The van der Waals surface area contributed by atoms with Gasteiger partial charge in [0, 0.05) is 13.1 Å². The largest absolute Gasteiger partial charge is 0.416 e. The molecule has 0 aromatic heterocycles. The highest BCUT2D eigenvalue weighted by Crippen LogP contribution is 2.30. The molecule has 0 heterocycles. The van der Waals surface area contributed by atoms with Crippen LogP contribution in [-0.2, 0) is 22.3 Å². The van der Waals surface area contributed by atoms with E-state index in [-0.39, 0.29) is 25.3 Å². The van der Waals surface area contributed by atoms with E-state index >= 15 is 0 Å². The third-order valence-corrected chi connectivity index (χ3v) is 2.28. The van der Waals surface area contributed by atoms with Gasteiger partial charge < -0.3 is 15.8 Å². The van der Waals surface area contributed by atoms with Crippen LogP contribution in [0.3, 0.4) is 0 Å². The predicted octanol–water partition coefficient (Wildman–Crippen LogP) is 1.44. The molecule has 0 atom stereocenters. The zero-order chi connectivity index (χ0) is 15.2. The molecule has 0 bridgehead atoms. The standard InChI is InChI=1S/C12H14F4N2O2/c13-10-4-8(3-9(5-10)12(14,15)16)6-18-1-2-20-7-11(17)19/h3-5,18H,1-2,6-7H2,(H2,17,19). The van der Waals surface area contributed by atoms with Crippen LogP contribution in [0.4, 0.5) is 17.6 Å². The van der Waals surface area contributed by atoms with Gasteiger partial charge in [0.25, 0.3) is 0 Å². The fraction of sp³-hybridized carbons (Fsp3) is 0.417. The maximum absolute atomic E-state index is 13.1. The van der Waals surface area contributed by atoms with E-state index in [1.807, 2.05) is 0 Å². The summed E-state index contributed by atoms with van der Waals surface area (Å²) in [5.41, 5.74) is 3.98. The van der Waals surface area contributed by atoms with E-state index in [9.17, 15) is 22.4 Å². The van der Waals surface area contributed by atoms with Gasteiger partial charge in [0.2, 0.25) is 5.91 Å². The molecule has 8 heteroatoms. The Morgan fingerprint density at radius 3 is 2.60 bits per heavy atom. The first-order chi connectivity index (χ1) is 9.29. The zero-order valence-corrected chi connectivity index (χ0v) is 10.5. The van der Waals surface area contributed by atoms with Crippen LogP contribution in [0.1, 0.15) is 11.1 Å². The summed E-state index contributed by atoms with van der Waals surface area (Å²) in [6.07, 6.45) is -4.58. The smallest absolute Gasteiger partial charge is 0.370 e. The Morgan fingerprint density at radius 1 is 1.30 bits per heavy atom. The molecule has 0 aliphatic heterocycles. The van der Waals surface area contributed by atoms with E-state index in [1.54, 1.807) is 0 Å². The predicted molar refractivity (Wildman–Crippen MR) is 63.1 cm³/mol. The second kappa shape index (κ2) is 7.20. The maximum Gasteiger partial charge on any atom is 0.416 e. The van der Waals surface area contributed by atoms with Crippen LogP contribution < -0.4 is 11.1 Å². The molecule has 0 aliphatic rings. The first kappa shape index (κ1) is 16.4.